The van der Waals surface area contributed by atoms with Crippen molar-refractivity contribution in [2.45, 2.75) is 0 Å². The van der Waals surface area contributed by atoms with Crippen molar-refractivity contribution < 1.29 is 0 Å². The summed E-state index contributed by atoms with van der Waals surface area (Å²) in [6, 6.07) is 10.2. The summed E-state index contributed by atoms with van der Waals surface area (Å²) in [5.41, 5.74) is 7.81. The molecule has 1 aromatic carbocycles. The number of aliphatic imine (C=N–C) groups is 1. The second-order valence-electron chi connectivity index (χ2n) is 3.82. The van der Waals surface area contributed by atoms with Gasteiger partial charge < -0.3 is 5.73 Å². The summed E-state index contributed by atoms with van der Waals surface area (Å²) in [7, 11) is 0. The number of aromatic nitrogens is 1. The summed E-state index contributed by atoms with van der Waals surface area (Å²) in [6.45, 7) is 0.696. The molecule has 2 aromatic rings. The maximum Gasteiger partial charge on any atom is 0.158 e. The Morgan fingerprint density at radius 1 is 1.29 bits per heavy atom. The van der Waals surface area contributed by atoms with Crippen LogP contribution in [0.5, 0.6) is 0 Å². The van der Waals surface area contributed by atoms with Crippen LogP contribution in [0.4, 0.5) is 0 Å². The van der Waals surface area contributed by atoms with Crippen LogP contribution in [0.3, 0.4) is 0 Å². The zero-order valence-electron chi connectivity index (χ0n) is 9.13. The highest BCUT2D eigenvalue weighted by atomic mass is 32.2. The molecule has 0 spiro atoms. The van der Waals surface area contributed by atoms with Crippen LogP contribution in [0.1, 0.15) is 5.56 Å². The third-order valence-electron chi connectivity index (χ3n) is 2.58. The van der Waals surface area contributed by atoms with E-state index < -0.39 is 0 Å². The number of pyridine rings is 1. The van der Waals surface area contributed by atoms with Gasteiger partial charge in [0.2, 0.25) is 0 Å². The number of hydrogen-bond donors (Lipinski definition) is 1. The minimum Gasteiger partial charge on any atom is -0.378 e. The fourth-order valence-electron chi connectivity index (χ4n) is 1.80. The standard InChI is InChI=1S/C13H11N3S/c14-13-16-8-11(17-13)7-9-3-4-12-10(6-9)2-1-5-15-12/h1-7H,8H2,(H2,14,16)/b11-7-. The lowest BCUT2D eigenvalue weighted by molar-refractivity contribution is 1.25. The topological polar surface area (TPSA) is 51.3 Å². The van der Waals surface area contributed by atoms with E-state index >= 15 is 0 Å². The van der Waals surface area contributed by atoms with E-state index in [0.29, 0.717) is 11.7 Å². The number of rotatable bonds is 1. The van der Waals surface area contributed by atoms with Gasteiger partial charge in [0, 0.05) is 16.5 Å². The molecule has 0 saturated carbocycles. The molecule has 0 unspecified atom stereocenters. The number of hydrogen-bond acceptors (Lipinski definition) is 4. The van der Waals surface area contributed by atoms with Gasteiger partial charge in [0.15, 0.2) is 5.17 Å². The monoisotopic (exact) mass is 241 g/mol. The Hall–Kier alpha value is -1.81. The molecule has 84 valence electrons. The summed E-state index contributed by atoms with van der Waals surface area (Å²) in [5.74, 6) is 0. The normalized spacial score (nSPS) is 17.6. The van der Waals surface area contributed by atoms with E-state index in [1.54, 1.807) is 0 Å². The predicted octanol–water partition coefficient (Wildman–Crippen LogP) is 2.64. The number of nitrogens with two attached hydrogens (primary N) is 1. The van der Waals surface area contributed by atoms with Crippen molar-refractivity contribution in [2.24, 2.45) is 10.7 Å². The Bertz CT molecular complexity index is 631. The molecule has 1 aliphatic rings. The number of benzene rings is 1. The van der Waals surface area contributed by atoms with Gasteiger partial charge >= 0.3 is 0 Å². The summed E-state index contributed by atoms with van der Waals surface area (Å²) in [5, 5.41) is 1.80. The maximum absolute atomic E-state index is 5.63. The Labute approximate surface area is 103 Å². The average Bonchev–Trinajstić information content (AvgIpc) is 2.75. The smallest absolute Gasteiger partial charge is 0.158 e. The molecule has 2 heterocycles. The Balaban J connectivity index is 1.96. The van der Waals surface area contributed by atoms with Gasteiger partial charge in [-0.2, -0.15) is 0 Å². The Kier molecular flexibility index (Phi) is 2.57. The third kappa shape index (κ3) is 2.17. The number of nitrogens with zero attached hydrogens (tertiary/aromatic N) is 2. The lowest BCUT2D eigenvalue weighted by Gasteiger charge is -1.99. The molecule has 3 nitrogen and oxygen atoms in total. The second kappa shape index (κ2) is 4.22. The molecule has 0 amide bonds. The van der Waals surface area contributed by atoms with Crippen molar-refractivity contribution in [1.82, 2.24) is 4.98 Å². The van der Waals surface area contributed by atoms with Crippen molar-refractivity contribution in [2.75, 3.05) is 6.54 Å². The van der Waals surface area contributed by atoms with Crippen LogP contribution in [0.25, 0.3) is 17.0 Å². The van der Waals surface area contributed by atoms with Gasteiger partial charge in [-0.3, -0.25) is 9.98 Å². The zero-order valence-corrected chi connectivity index (χ0v) is 9.95. The molecular formula is C13H11N3S. The van der Waals surface area contributed by atoms with E-state index in [1.165, 1.54) is 16.7 Å². The predicted molar refractivity (Wildman–Crippen MR) is 73.8 cm³/mol. The highest BCUT2D eigenvalue weighted by molar-refractivity contribution is 8.17. The van der Waals surface area contributed by atoms with E-state index in [9.17, 15) is 0 Å². The first kappa shape index (κ1) is 10.4. The van der Waals surface area contributed by atoms with E-state index in [2.05, 4.69) is 34.3 Å². The van der Waals surface area contributed by atoms with E-state index in [0.717, 1.165) is 16.5 Å². The van der Waals surface area contributed by atoms with Gasteiger partial charge in [0.25, 0.3) is 0 Å². The van der Waals surface area contributed by atoms with Crippen LogP contribution in [-0.4, -0.2) is 16.7 Å². The van der Waals surface area contributed by atoms with Gasteiger partial charge in [-0.25, -0.2) is 0 Å². The van der Waals surface area contributed by atoms with Gasteiger partial charge in [-0.15, -0.1) is 0 Å². The molecule has 0 saturated heterocycles. The summed E-state index contributed by atoms with van der Waals surface area (Å²) >= 11 is 1.54. The minimum absolute atomic E-state index is 0.652. The number of thioether (sulfide) groups is 1. The van der Waals surface area contributed by atoms with Gasteiger partial charge in [-0.05, 0) is 29.8 Å². The summed E-state index contributed by atoms with van der Waals surface area (Å²) in [6.07, 6.45) is 3.93. The average molecular weight is 241 g/mol. The van der Waals surface area contributed by atoms with E-state index in [-0.39, 0.29) is 0 Å². The van der Waals surface area contributed by atoms with Crippen molar-refractivity contribution >= 4 is 33.9 Å². The largest absolute Gasteiger partial charge is 0.378 e. The fraction of sp³-hybridized carbons (Fsp3) is 0.0769. The summed E-state index contributed by atoms with van der Waals surface area (Å²) < 4.78 is 0. The number of amidine groups is 1. The van der Waals surface area contributed by atoms with Crippen molar-refractivity contribution in [3.63, 3.8) is 0 Å². The molecule has 1 aliphatic heterocycles. The molecule has 0 atom stereocenters. The molecule has 0 fully saturated rings. The molecule has 1 aromatic heterocycles. The Morgan fingerprint density at radius 2 is 2.24 bits per heavy atom. The molecule has 0 bridgehead atoms. The van der Waals surface area contributed by atoms with Crippen molar-refractivity contribution in [3.8, 4) is 0 Å². The molecule has 17 heavy (non-hydrogen) atoms. The van der Waals surface area contributed by atoms with Crippen LogP contribution in [0.15, 0.2) is 46.4 Å². The Morgan fingerprint density at radius 3 is 3.06 bits per heavy atom. The first-order valence-corrected chi connectivity index (χ1v) is 6.16. The lowest BCUT2D eigenvalue weighted by atomic mass is 10.1. The first-order chi connectivity index (χ1) is 8.31. The summed E-state index contributed by atoms with van der Waals surface area (Å²) in [4.78, 5) is 9.64. The molecule has 4 heteroatoms. The van der Waals surface area contributed by atoms with Crippen LogP contribution < -0.4 is 5.73 Å². The minimum atomic E-state index is 0.652. The first-order valence-electron chi connectivity index (χ1n) is 5.34. The van der Waals surface area contributed by atoms with Crippen molar-refractivity contribution in [1.29, 1.82) is 0 Å². The van der Waals surface area contributed by atoms with E-state index in [4.69, 9.17) is 5.73 Å². The SMILES string of the molecule is NC1=NC/C(=C/c2ccc3ncccc3c2)S1. The molecule has 3 rings (SSSR count). The van der Waals surface area contributed by atoms with Crippen LogP contribution in [-0.2, 0) is 0 Å². The molecule has 0 radical (unpaired) electrons. The fourth-order valence-corrected chi connectivity index (χ4v) is 2.52. The van der Waals surface area contributed by atoms with Gasteiger partial charge in [0.1, 0.15) is 0 Å². The highest BCUT2D eigenvalue weighted by Gasteiger charge is 2.08. The zero-order chi connectivity index (χ0) is 11.7. The lowest BCUT2D eigenvalue weighted by Crippen LogP contribution is -2.00. The van der Waals surface area contributed by atoms with Gasteiger partial charge in [-0.1, -0.05) is 23.9 Å². The third-order valence-corrected chi connectivity index (χ3v) is 3.43. The van der Waals surface area contributed by atoms with Gasteiger partial charge in [0.05, 0.1) is 12.1 Å². The van der Waals surface area contributed by atoms with Crippen LogP contribution >= 0.6 is 11.8 Å². The van der Waals surface area contributed by atoms with E-state index in [1.807, 2.05) is 18.3 Å². The van der Waals surface area contributed by atoms with Crippen LogP contribution in [0.2, 0.25) is 0 Å². The van der Waals surface area contributed by atoms with Crippen LogP contribution in [0, 0.1) is 0 Å². The molecule has 2 N–H and O–H groups in total. The number of fused-ring (bicyclic) bond motifs is 1. The highest BCUT2D eigenvalue weighted by Crippen LogP contribution is 2.25. The maximum atomic E-state index is 5.63. The molecule has 0 aliphatic carbocycles. The molecular weight excluding hydrogens is 230 g/mol. The second-order valence-corrected chi connectivity index (χ2v) is 4.97. The quantitative estimate of drug-likeness (QED) is 0.835. The van der Waals surface area contributed by atoms with Crippen molar-refractivity contribution in [3.05, 3.63) is 47.0 Å².